The first-order valence-corrected chi connectivity index (χ1v) is 10.3. The zero-order valence-corrected chi connectivity index (χ0v) is 17.4. The molecule has 0 aliphatic carbocycles. The van der Waals surface area contributed by atoms with E-state index < -0.39 is 0 Å². The highest BCUT2D eigenvalue weighted by atomic mass is 15.0. The van der Waals surface area contributed by atoms with Gasteiger partial charge in [-0.25, -0.2) is 0 Å². The number of benzene rings is 3. The first-order valence-electron chi connectivity index (χ1n) is 10.3. The minimum atomic E-state index is 1.07. The summed E-state index contributed by atoms with van der Waals surface area (Å²) in [5, 5.41) is 0. The first-order chi connectivity index (χ1) is 13.7. The predicted molar refractivity (Wildman–Crippen MR) is 122 cm³/mol. The molecule has 3 aromatic rings. The van der Waals surface area contributed by atoms with Crippen LogP contribution in [0.2, 0.25) is 0 Å². The standard InChI is InChI=1S/C27H31N/c1-4-11-26(23-12-7-5-8-13-23)27(24-14-9-6-10-15-24)25-18-16-22(17-19-25)20-21-28(2)3/h5-10,12-19H,4,11,20-21H2,1-3H3/b27-26+. The Morgan fingerprint density at radius 1 is 0.679 bits per heavy atom. The van der Waals surface area contributed by atoms with Crippen LogP contribution in [-0.4, -0.2) is 25.5 Å². The lowest BCUT2D eigenvalue weighted by Gasteiger charge is -2.18. The largest absolute Gasteiger partial charge is 0.309 e. The van der Waals surface area contributed by atoms with E-state index in [1.165, 1.54) is 33.4 Å². The van der Waals surface area contributed by atoms with Gasteiger partial charge in [0.2, 0.25) is 0 Å². The summed E-state index contributed by atoms with van der Waals surface area (Å²) in [4.78, 5) is 2.23. The van der Waals surface area contributed by atoms with E-state index in [4.69, 9.17) is 0 Å². The molecule has 0 saturated heterocycles. The topological polar surface area (TPSA) is 3.24 Å². The third-order valence-corrected chi connectivity index (χ3v) is 5.08. The molecule has 0 fully saturated rings. The minimum Gasteiger partial charge on any atom is -0.309 e. The molecule has 0 amide bonds. The Morgan fingerprint density at radius 3 is 1.75 bits per heavy atom. The molecular formula is C27H31N. The van der Waals surface area contributed by atoms with Crippen molar-refractivity contribution in [3.63, 3.8) is 0 Å². The third-order valence-electron chi connectivity index (χ3n) is 5.08. The van der Waals surface area contributed by atoms with Gasteiger partial charge in [-0.1, -0.05) is 98.3 Å². The monoisotopic (exact) mass is 369 g/mol. The zero-order valence-electron chi connectivity index (χ0n) is 17.4. The number of allylic oxidation sites excluding steroid dienone is 1. The highest BCUT2D eigenvalue weighted by Crippen LogP contribution is 2.35. The van der Waals surface area contributed by atoms with Gasteiger partial charge >= 0.3 is 0 Å². The quantitative estimate of drug-likeness (QED) is 0.407. The van der Waals surface area contributed by atoms with Crippen LogP contribution in [0.5, 0.6) is 0 Å². The van der Waals surface area contributed by atoms with Gasteiger partial charge in [0.15, 0.2) is 0 Å². The van der Waals surface area contributed by atoms with Crippen molar-refractivity contribution in [3.05, 3.63) is 107 Å². The van der Waals surface area contributed by atoms with Gasteiger partial charge in [-0.15, -0.1) is 0 Å². The Kier molecular flexibility index (Phi) is 7.22. The molecule has 0 spiro atoms. The molecular weight excluding hydrogens is 338 g/mol. The fraction of sp³-hybridized carbons (Fsp3) is 0.259. The molecule has 0 heterocycles. The highest BCUT2D eigenvalue weighted by molar-refractivity contribution is 5.98. The Balaban J connectivity index is 2.09. The Labute approximate surface area is 170 Å². The molecule has 0 N–H and O–H groups in total. The molecule has 3 aromatic carbocycles. The summed E-state index contributed by atoms with van der Waals surface area (Å²) in [6, 6.07) is 30.8. The molecule has 0 atom stereocenters. The van der Waals surface area contributed by atoms with Crippen LogP contribution in [0.1, 0.15) is 42.0 Å². The van der Waals surface area contributed by atoms with Crippen molar-refractivity contribution in [2.45, 2.75) is 26.2 Å². The van der Waals surface area contributed by atoms with E-state index in [1.54, 1.807) is 0 Å². The summed E-state index contributed by atoms with van der Waals surface area (Å²) in [5.74, 6) is 0. The van der Waals surface area contributed by atoms with E-state index in [1.807, 2.05) is 0 Å². The summed E-state index contributed by atoms with van der Waals surface area (Å²) < 4.78 is 0. The van der Waals surface area contributed by atoms with E-state index in [9.17, 15) is 0 Å². The second-order valence-corrected chi connectivity index (χ2v) is 7.59. The predicted octanol–water partition coefficient (Wildman–Crippen LogP) is 6.55. The number of rotatable bonds is 8. The fourth-order valence-corrected chi connectivity index (χ4v) is 3.61. The van der Waals surface area contributed by atoms with Gasteiger partial charge < -0.3 is 4.90 Å². The first kappa shape index (κ1) is 20.1. The average Bonchev–Trinajstić information content (AvgIpc) is 2.74. The van der Waals surface area contributed by atoms with Crippen LogP contribution in [0.3, 0.4) is 0 Å². The van der Waals surface area contributed by atoms with Crippen molar-refractivity contribution in [2.24, 2.45) is 0 Å². The van der Waals surface area contributed by atoms with Crippen molar-refractivity contribution < 1.29 is 0 Å². The lowest BCUT2D eigenvalue weighted by molar-refractivity contribution is 0.413. The second-order valence-electron chi connectivity index (χ2n) is 7.59. The van der Waals surface area contributed by atoms with Crippen molar-refractivity contribution >= 4 is 11.1 Å². The van der Waals surface area contributed by atoms with E-state index in [2.05, 4.69) is 111 Å². The van der Waals surface area contributed by atoms with Gasteiger partial charge in [0, 0.05) is 6.54 Å². The van der Waals surface area contributed by atoms with Crippen molar-refractivity contribution in [1.82, 2.24) is 4.90 Å². The van der Waals surface area contributed by atoms with Gasteiger partial charge in [0.1, 0.15) is 0 Å². The van der Waals surface area contributed by atoms with Crippen molar-refractivity contribution in [1.29, 1.82) is 0 Å². The summed E-state index contributed by atoms with van der Waals surface area (Å²) in [6.45, 7) is 3.34. The second kappa shape index (κ2) is 10.1. The molecule has 28 heavy (non-hydrogen) atoms. The molecule has 3 rings (SSSR count). The van der Waals surface area contributed by atoms with Crippen LogP contribution in [0, 0.1) is 0 Å². The van der Waals surface area contributed by atoms with Gasteiger partial charge in [0.05, 0.1) is 0 Å². The zero-order chi connectivity index (χ0) is 19.8. The van der Waals surface area contributed by atoms with E-state index in [0.29, 0.717) is 0 Å². The smallest absolute Gasteiger partial charge is 0.00157 e. The molecule has 0 radical (unpaired) electrons. The summed E-state index contributed by atoms with van der Waals surface area (Å²) in [5.41, 5.74) is 8.08. The third kappa shape index (κ3) is 5.21. The van der Waals surface area contributed by atoms with Crippen LogP contribution in [0.4, 0.5) is 0 Å². The Hall–Kier alpha value is -2.64. The molecule has 144 valence electrons. The molecule has 0 unspecified atom stereocenters. The van der Waals surface area contributed by atoms with Gasteiger partial charge in [-0.05, 0) is 60.3 Å². The normalized spacial score (nSPS) is 12.1. The molecule has 0 saturated carbocycles. The fourth-order valence-electron chi connectivity index (χ4n) is 3.61. The van der Waals surface area contributed by atoms with Gasteiger partial charge in [-0.3, -0.25) is 0 Å². The maximum absolute atomic E-state index is 2.30. The van der Waals surface area contributed by atoms with Gasteiger partial charge in [-0.2, -0.15) is 0 Å². The minimum absolute atomic E-state index is 1.07. The molecule has 0 bridgehead atoms. The van der Waals surface area contributed by atoms with Crippen LogP contribution < -0.4 is 0 Å². The number of hydrogen-bond acceptors (Lipinski definition) is 1. The van der Waals surface area contributed by atoms with Crippen molar-refractivity contribution in [2.75, 3.05) is 20.6 Å². The number of hydrogen-bond donors (Lipinski definition) is 0. The maximum atomic E-state index is 2.30. The maximum Gasteiger partial charge on any atom is 0.00157 e. The Bertz CT molecular complexity index is 875. The van der Waals surface area contributed by atoms with E-state index in [0.717, 1.165) is 25.8 Å². The highest BCUT2D eigenvalue weighted by Gasteiger charge is 2.13. The van der Waals surface area contributed by atoms with Gasteiger partial charge in [0.25, 0.3) is 0 Å². The summed E-state index contributed by atoms with van der Waals surface area (Å²) in [7, 11) is 4.25. The average molecular weight is 370 g/mol. The molecule has 0 aromatic heterocycles. The molecule has 0 aliphatic rings. The lowest BCUT2D eigenvalue weighted by atomic mass is 9.87. The van der Waals surface area contributed by atoms with E-state index in [-0.39, 0.29) is 0 Å². The SMILES string of the molecule is CCC/C(=C(/c1ccccc1)c1ccc(CCN(C)C)cc1)c1ccccc1. The summed E-state index contributed by atoms with van der Waals surface area (Å²) >= 11 is 0. The molecule has 0 aliphatic heterocycles. The molecule has 1 heteroatoms. The number of likely N-dealkylation sites (N-methyl/N-ethyl adjacent to an activating group) is 1. The molecule has 1 nitrogen and oxygen atoms in total. The van der Waals surface area contributed by atoms with Crippen LogP contribution in [-0.2, 0) is 6.42 Å². The van der Waals surface area contributed by atoms with Crippen LogP contribution in [0.15, 0.2) is 84.9 Å². The number of nitrogens with zero attached hydrogens (tertiary/aromatic N) is 1. The lowest BCUT2D eigenvalue weighted by Crippen LogP contribution is -2.14. The van der Waals surface area contributed by atoms with E-state index >= 15 is 0 Å². The van der Waals surface area contributed by atoms with Crippen molar-refractivity contribution in [3.8, 4) is 0 Å². The van der Waals surface area contributed by atoms with Crippen LogP contribution in [0.25, 0.3) is 11.1 Å². The summed E-state index contributed by atoms with van der Waals surface area (Å²) in [6.07, 6.45) is 3.27. The van der Waals surface area contributed by atoms with Crippen LogP contribution >= 0.6 is 0 Å². The Morgan fingerprint density at radius 2 is 1.21 bits per heavy atom.